The summed E-state index contributed by atoms with van der Waals surface area (Å²) in [6.45, 7) is 8.09. The Kier molecular flexibility index (Phi) is 4.98. The van der Waals surface area contributed by atoms with Gasteiger partial charge in [-0.1, -0.05) is 24.3 Å². The molecule has 0 atom stereocenters. The Labute approximate surface area is 114 Å². The van der Waals surface area contributed by atoms with Crippen molar-refractivity contribution in [3.8, 4) is 5.75 Å². The molecule has 0 aromatic heterocycles. The normalized spacial score (nSPS) is 16.1. The Hall–Kier alpha value is -1.81. The molecule has 0 unspecified atom stereocenters. The van der Waals surface area contributed by atoms with Crippen LogP contribution < -0.4 is 4.74 Å². The van der Waals surface area contributed by atoms with Gasteiger partial charge in [0.2, 0.25) is 0 Å². The van der Waals surface area contributed by atoms with Crippen LogP contribution in [0.5, 0.6) is 5.75 Å². The lowest BCUT2D eigenvalue weighted by atomic mass is 10.3. The number of hydrogen-bond acceptors (Lipinski definition) is 3. The molecule has 4 nitrogen and oxygen atoms in total. The molecule has 1 aliphatic rings. The molecule has 1 heterocycles. The SMILES string of the molecule is C=CCN1CCN(C(=O)COc2ccccc2)CC1. The zero-order valence-corrected chi connectivity index (χ0v) is 11.1. The minimum Gasteiger partial charge on any atom is -0.484 e. The van der Waals surface area contributed by atoms with Gasteiger partial charge in [-0.05, 0) is 12.1 Å². The van der Waals surface area contributed by atoms with Crippen LogP contribution in [0.1, 0.15) is 0 Å². The van der Waals surface area contributed by atoms with Gasteiger partial charge in [-0.2, -0.15) is 0 Å². The zero-order valence-electron chi connectivity index (χ0n) is 11.1. The number of para-hydroxylation sites is 1. The Morgan fingerprint density at radius 3 is 2.53 bits per heavy atom. The molecular weight excluding hydrogens is 240 g/mol. The van der Waals surface area contributed by atoms with Gasteiger partial charge in [-0.25, -0.2) is 0 Å². The van der Waals surface area contributed by atoms with Crippen LogP contribution >= 0.6 is 0 Å². The van der Waals surface area contributed by atoms with Gasteiger partial charge in [0.1, 0.15) is 5.75 Å². The number of nitrogens with zero attached hydrogens (tertiary/aromatic N) is 2. The van der Waals surface area contributed by atoms with Crippen LogP contribution in [0.4, 0.5) is 0 Å². The number of carbonyl (C=O) groups is 1. The van der Waals surface area contributed by atoms with E-state index in [1.165, 1.54) is 0 Å². The number of ether oxygens (including phenoxy) is 1. The van der Waals surface area contributed by atoms with Crippen molar-refractivity contribution in [3.05, 3.63) is 43.0 Å². The van der Waals surface area contributed by atoms with Crippen LogP contribution in [0.15, 0.2) is 43.0 Å². The molecule has 1 amide bonds. The van der Waals surface area contributed by atoms with Crippen molar-refractivity contribution >= 4 is 5.91 Å². The van der Waals surface area contributed by atoms with Crippen molar-refractivity contribution in [2.45, 2.75) is 0 Å². The Morgan fingerprint density at radius 2 is 1.89 bits per heavy atom. The highest BCUT2D eigenvalue weighted by atomic mass is 16.5. The predicted octanol–water partition coefficient (Wildman–Crippen LogP) is 1.40. The summed E-state index contributed by atoms with van der Waals surface area (Å²) in [7, 11) is 0. The number of amides is 1. The molecule has 0 bridgehead atoms. The maximum absolute atomic E-state index is 12.0. The van der Waals surface area contributed by atoms with E-state index in [2.05, 4.69) is 11.5 Å². The maximum Gasteiger partial charge on any atom is 0.260 e. The number of hydrogen-bond donors (Lipinski definition) is 0. The molecule has 1 fully saturated rings. The van der Waals surface area contributed by atoms with Crippen molar-refractivity contribution in [3.63, 3.8) is 0 Å². The van der Waals surface area contributed by atoms with E-state index in [-0.39, 0.29) is 12.5 Å². The summed E-state index contributed by atoms with van der Waals surface area (Å²) >= 11 is 0. The minimum atomic E-state index is 0.0575. The number of carbonyl (C=O) groups excluding carboxylic acids is 1. The third kappa shape index (κ3) is 4.10. The highest BCUT2D eigenvalue weighted by Crippen LogP contribution is 2.09. The molecule has 0 radical (unpaired) electrons. The summed E-state index contributed by atoms with van der Waals surface area (Å²) in [6, 6.07) is 9.43. The van der Waals surface area contributed by atoms with Gasteiger partial charge in [-0.15, -0.1) is 6.58 Å². The molecule has 1 aliphatic heterocycles. The van der Waals surface area contributed by atoms with Crippen molar-refractivity contribution in [1.82, 2.24) is 9.80 Å². The highest BCUT2D eigenvalue weighted by molar-refractivity contribution is 5.77. The van der Waals surface area contributed by atoms with Gasteiger partial charge >= 0.3 is 0 Å². The fraction of sp³-hybridized carbons (Fsp3) is 0.400. The van der Waals surface area contributed by atoms with E-state index in [9.17, 15) is 4.79 Å². The molecule has 1 saturated heterocycles. The van der Waals surface area contributed by atoms with Crippen LogP contribution in [0, 0.1) is 0 Å². The Bertz CT molecular complexity index is 411. The fourth-order valence-corrected chi connectivity index (χ4v) is 2.12. The first kappa shape index (κ1) is 13.6. The van der Waals surface area contributed by atoms with Gasteiger partial charge in [-0.3, -0.25) is 9.69 Å². The number of benzene rings is 1. The van der Waals surface area contributed by atoms with Gasteiger partial charge in [0.25, 0.3) is 5.91 Å². The van der Waals surface area contributed by atoms with Crippen LogP contribution in [-0.4, -0.2) is 55.0 Å². The molecule has 102 valence electrons. The highest BCUT2D eigenvalue weighted by Gasteiger charge is 2.20. The van der Waals surface area contributed by atoms with Gasteiger partial charge in [0.15, 0.2) is 6.61 Å². The first-order chi connectivity index (χ1) is 9.29. The standard InChI is InChI=1S/C15H20N2O2/c1-2-8-16-9-11-17(12-10-16)15(18)13-19-14-6-4-3-5-7-14/h2-7H,1,8-13H2. The third-order valence-corrected chi connectivity index (χ3v) is 3.22. The fourth-order valence-electron chi connectivity index (χ4n) is 2.12. The molecule has 4 heteroatoms. The van der Waals surface area contributed by atoms with E-state index in [1.54, 1.807) is 0 Å². The quantitative estimate of drug-likeness (QED) is 0.750. The molecule has 0 N–H and O–H groups in total. The van der Waals surface area contributed by atoms with E-state index in [0.717, 1.165) is 38.5 Å². The Balaban J connectivity index is 1.74. The van der Waals surface area contributed by atoms with E-state index in [4.69, 9.17) is 4.74 Å². The lowest BCUT2D eigenvalue weighted by Gasteiger charge is -2.34. The predicted molar refractivity (Wildman–Crippen MR) is 75.2 cm³/mol. The van der Waals surface area contributed by atoms with Crippen LogP contribution in [0.25, 0.3) is 0 Å². The van der Waals surface area contributed by atoms with Crippen molar-refractivity contribution in [2.75, 3.05) is 39.3 Å². The summed E-state index contributed by atoms with van der Waals surface area (Å²) in [6.07, 6.45) is 1.90. The monoisotopic (exact) mass is 260 g/mol. The van der Waals surface area contributed by atoms with Crippen molar-refractivity contribution in [2.24, 2.45) is 0 Å². The third-order valence-electron chi connectivity index (χ3n) is 3.22. The molecule has 1 aromatic rings. The van der Waals surface area contributed by atoms with E-state index < -0.39 is 0 Å². The van der Waals surface area contributed by atoms with E-state index >= 15 is 0 Å². The van der Waals surface area contributed by atoms with Gasteiger partial charge in [0, 0.05) is 32.7 Å². The molecule has 0 saturated carbocycles. The van der Waals surface area contributed by atoms with Gasteiger partial charge in [0.05, 0.1) is 0 Å². The summed E-state index contributed by atoms with van der Waals surface area (Å²) < 4.78 is 5.47. The Morgan fingerprint density at radius 1 is 1.21 bits per heavy atom. The lowest BCUT2D eigenvalue weighted by molar-refractivity contribution is -0.135. The van der Waals surface area contributed by atoms with Crippen LogP contribution in [0.3, 0.4) is 0 Å². The molecule has 0 aliphatic carbocycles. The molecule has 19 heavy (non-hydrogen) atoms. The first-order valence-corrected chi connectivity index (χ1v) is 6.58. The first-order valence-electron chi connectivity index (χ1n) is 6.58. The largest absolute Gasteiger partial charge is 0.484 e. The zero-order chi connectivity index (χ0) is 13.5. The average Bonchev–Trinajstić information content (AvgIpc) is 2.47. The lowest BCUT2D eigenvalue weighted by Crippen LogP contribution is -2.49. The van der Waals surface area contributed by atoms with E-state index in [1.807, 2.05) is 41.3 Å². The smallest absolute Gasteiger partial charge is 0.260 e. The van der Waals surface area contributed by atoms with Crippen LogP contribution in [0.2, 0.25) is 0 Å². The number of rotatable bonds is 5. The average molecular weight is 260 g/mol. The summed E-state index contributed by atoms with van der Waals surface area (Å²) in [4.78, 5) is 16.1. The van der Waals surface area contributed by atoms with Gasteiger partial charge < -0.3 is 9.64 Å². The second-order valence-electron chi connectivity index (χ2n) is 4.57. The second-order valence-corrected chi connectivity index (χ2v) is 4.57. The summed E-state index contributed by atoms with van der Waals surface area (Å²) in [5, 5.41) is 0. The molecule has 0 spiro atoms. The molecule has 1 aromatic carbocycles. The molecule has 2 rings (SSSR count). The summed E-state index contributed by atoms with van der Waals surface area (Å²) in [5.74, 6) is 0.795. The van der Waals surface area contributed by atoms with Crippen LogP contribution in [-0.2, 0) is 4.79 Å². The summed E-state index contributed by atoms with van der Waals surface area (Å²) in [5.41, 5.74) is 0. The van der Waals surface area contributed by atoms with E-state index in [0.29, 0.717) is 0 Å². The number of piperazine rings is 1. The second kappa shape index (κ2) is 6.95. The maximum atomic E-state index is 12.0. The topological polar surface area (TPSA) is 32.8 Å². The minimum absolute atomic E-state index is 0.0575. The molecular formula is C15H20N2O2. The van der Waals surface area contributed by atoms with Crippen molar-refractivity contribution < 1.29 is 9.53 Å². The van der Waals surface area contributed by atoms with Crippen molar-refractivity contribution in [1.29, 1.82) is 0 Å².